The van der Waals surface area contributed by atoms with Crippen LogP contribution in [-0.2, 0) is 4.79 Å². The van der Waals surface area contributed by atoms with Crippen molar-refractivity contribution in [2.75, 3.05) is 5.33 Å². The van der Waals surface area contributed by atoms with Crippen LogP contribution in [0.1, 0.15) is 23.1 Å². The Labute approximate surface area is 172 Å². The number of rotatable bonds is 6. The van der Waals surface area contributed by atoms with Gasteiger partial charge in [-0.3, -0.25) is 4.79 Å². The van der Waals surface area contributed by atoms with Gasteiger partial charge < -0.3 is 4.74 Å². The van der Waals surface area contributed by atoms with E-state index in [1.165, 1.54) is 0 Å². The van der Waals surface area contributed by atoms with Crippen molar-refractivity contribution in [2.24, 2.45) is 0 Å². The van der Waals surface area contributed by atoms with Crippen LogP contribution in [0.5, 0.6) is 5.75 Å². The molecule has 0 aliphatic carbocycles. The van der Waals surface area contributed by atoms with Gasteiger partial charge in [0.2, 0.25) is 0 Å². The SMILES string of the molecule is O=C(CCBr)Oc1ccc(/C(=C(\Cl)c2ccccc2)c2ccccc2)cc1. The Morgan fingerprint density at radius 2 is 1.30 bits per heavy atom. The maximum absolute atomic E-state index is 11.7. The van der Waals surface area contributed by atoms with Gasteiger partial charge >= 0.3 is 5.97 Å². The van der Waals surface area contributed by atoms with E-state index < -0.39 is 0 Å². The Morgan fingerprint density at radius 1 is 0.778 bits per heavy atom. The molecule has 0 fully saturated rings. The zero-order chi connectivity index (χ0) is 19.1. The summed E-state index contributed by atoms with van der Waals surface area (Å²) in [5.41, 5.74) is 3.86. The molecule has 0 saturated heterocycles. The first-order valence-electron chi connectivity index (χ1n) is 8.56. The third kappa shape index (κ3) is 5.09. The molecular weight excluding hydrogens is 424 g/mol. The number of hydrogen-bond donors (Lipinski definition) is 0. The molecule has 4 heteroatoms. The van der Waals surface area contributed by atoms with Crippen molar-refractivity contribution in [1.82, 2.24) is 0 Å². The largest absolute Gasteiger partial charge is 0.427 e. The van der Waals surface area contributed by atoms with Gasteiger partial charge in [-0.2, -0.15) is 0 Å². The molecule has 0 amide bonds. The van der Waals surface area contributed by atoms with Crippen molar-refractivity contribution in [3.63, 3.8) is 0 Å². The highest BCUT2D eigenvalue weighted by molar-refractivity contribution is 9.09. The van der Waals surface area contributed by atoms with Crippen LogP contribution in [0.15, 0.2) is 84.9 Å². The van der Waals surface area contributed by atoms with E-state index in [9.17, 15) is 4.79 Å². The monoisotopic (exact) mass is 440 g/mol. The average Bonchev–Trinajstić information content (AvgIpc) is 2.71. The van der Waals surface area contributed by atoms with Crippen LogP contribution in [0, 0.1) is 0 Å². The van der Waals surface area contributed by atoms with Crippen LogP contribution in [-0.4, -0.2) is 11.3 Å². The summed E-state index contributed by atoms with van der Waals surface area (Å²) in [6, 6.07) is 27.3. The zero-order valence-electron chi connectivity index (χ0n) is 14.6. The molecule has 0 aliphatic rings. The highest BCUT2D eigenvalue weighted by Gasteiger charge is 2.13. The fourth-order valence-electron chi connectivity index (χ4n) is 2.70. The zero-order valence-corrected chi connectivity index (χ0v) is 16.9. The number of ether oxygens (including phenoxy) is 1. The third-order valence-corrected chi connectivity index (χ3v) is 4.79. The number of hydrogen-bond acceptors (Lipinski definition) is 2. The maximum Gasteiger partial charge on any atom is 0.312 e. The molecule has 0 heterocycles. The molecule has 0 radical (unpaired) electrons. The van der Waals surface area contributed by atoms with Crippen molar-refractivity contribution in [2.45, 2.75) is 6.42 Å². The molecule has 0 atom stereocenters. The maximum atomic E-state index is 11.7. The molecule has 3 rings (SSSR count). The van der Waals surface area contributed by atoms with E-state index in [2.05, 4.69) is 15.9 Å². The Morgan fingerprint density at radius 3 is 1.85 bits per heavy atom. The summed E-state index contributed by atoms with van der Waals surface area (Å²) in [6.07, 6.45) is 0.330. The summed E-state index contributed by atoms with van der Waals surface area (Å²) in [4.78, 5) is 11.7. The molecule has 3 aromatic carbocycles. The minimum Gasteiger partial charge on any atom is -0.427 e. The molecule has 0 N–H and O–H groups in total. The van der Waals surface area contributed by atoms with Crippen molar-refractivity contribution >= 4 is 44.1 Å². The van der Waals surface area contributed by atoms with E-state index >= 15 is 0 Å². The van der Waals surface area contributed by atoms with E-state index in [-0.39, 0.29) is 5.97 Å². The number of halogens is 2. The fraction of sp³-hybridized carbons (Fsp3) is 0.0870. The Bertz CT molecular complexity index is 920. The van der Waals surface area contributed by atoms with Gasteiger partial charge in [0.15, 0.2) is 0 Å². The highest BCUT2D eigenvalue weighted by Crippen LogP contribution is 2.35. The highest BCUT2D eigenvalue weighted by atomic mass is 79.9. The minimum atomic E-state index is -0.263. The molecule has 0 aliphatic heterocycles. The van der Waals surface area contributed by atoms with Crippen LogP contribution in [0.25, 0.3) is 10.6 Å². The van der Waals surface area contributed by atoms with Gasteiger partial charge in [-0.05, 0) is 28.8 Å². The molecule has 3 aromatic rings. The van der Waals surface area contributed by atoms with Crippen molar-refractivity contribution in [1.29, 1.82) is 0 Å². The molecule has 136 valence electrons. The molecule has 2 nitrogen and oxygen atoms in total. The lowest BCUT2D eigenvalue weighted by molar-refractivity contribution is -0.133. The number of benzene rings is 3. The lowest BCUT2D eigenvalue weighted by Gasteiger charge is -2.13. The Kier molecular flexibility index (Phi) is 6.86. The van der Waals surface area contributed by atoms with E-state index in [0.717, 1.165) is 22.3 Å². The first kappa shape index (κ1) is 19.4. The average molecular weight is 442 g/mol. The van der Waals surface area contributed by atoms with Gasteiger partial charge in [0.05, 0.1) is 11.5 Å². The van der Waals surface area contributed by atoms with Crippen molar-refractivity contribution < 1.29 is 9.53 Å². The summed E-state index contributed by atoms with van der Waals surface area (Å²) in [6.45, 7) is 0. The van der Waals surface area contributed by atoms with E-state index in [0.29, 0.717) is 22.5 Å². The molecule has 0 bridgehead atoms. The first-order chi connectivity index (χ1) is 13.2. The fourth-order valence-corrected chi connectivity index (χ4v) is 3.37. The smallest absolute Gasteiger partial charge is 0.312 e. The van der Waals surface area contributed by atoms with E-state index in [4.69, 9.17) is 16.3 Å². The van der Waals surface area contributed by atoms with Gasteiger partial charge in [-0.25, -0.2) is 0 Å². The van der Waals surface area contributed by atoms with Crippen molar-refractivity contribution in [3.8, 4) is 5.75 Å². The molecule has 0 unspecified atom stereocenters. The topological polar surface area (TPSA) is 26.3 Å². The lowest BCUT2D eigenvalue weighted by atomic mass is 9.95. The van der Waals surface area contributed by atoms with Crippen LogP contribution in [0.2, 0.25) is 0 Å². The number of esters is 1. The van der Waals surface area contributed by atoms with Crippen molar-refractivity contribution in [3.05, 3.63) is 102 Å². The van der Waals surface area contributed by atoms with Gasteiger partial charge in [-0.15, -0.1) is 0 Å². The third-order valence-electron chi connectivity index (χ3n) is 3.98. The van der Waals surface area contributed by atoms with Gasteiger partial charge in [-0.1, -0.05) is 100 Å². The van der Waals surface area contributed by atoms with Crippen LogP contribution >= 0.6 is 27.5 Å². The first-order valence-corrected chi connectivity index (χ1v) is 10.1. The minimum absolute atomic E-state index is 0.263. The van der Waals surface area contributed by atoms with Crippen LogP contribution in [0.3, 0.4) is 0 Å². The summed E-state index contributed by atoms with van der Waals surface area (Å²) in [5, 5.41) is 1.25. The number of carbonyl (C=O) groups excluding carboxylic acids is 1. The summed E-state index contributed by atoms with van der Waals surface area (Å²) < 4.78 is 5.32. The number of carbonyl (C=O) groups is 1. The molecule has 0 aromatic heterocycles. The second kappa shape index (κ2) is 9.54. The van der Waals surface area contributed by atoms with Gasteiger partial charge in [0.25, 0.3) is 0 Å². The summed E-state index contributed by atoms with van der Waals surface area (Å²) >= 11 is 10.0. The summed E-state index contributed by atoms with van der Waals surface area (Å²) in [5.74, 6) is 0.258. The molecular formula is C23H18BrClO2. The normalized spacial score (nSPS) is 11.6. The standard InChI is InChI=1S/C23H18BrClO2/c24-16-15-21(26)27-20-13-11-18(12-14-20)22(17-7-3-1-4-8-17)23(25)19-9-5-2-6-10-19/h1-14H,15-16H2/b23-22-. The second-order valence-electron chi connectivity index (χ2n) is 5.86. The van der Waals surface area contributed by atoms with Gasteiger partial charge in [0, 0.05) is 10.9 Å². The quantitative estimate of drug-likeness (QED) is 0.188. The lowest BCUT2D eigenvalue weighted by Crippen LogP contribution is -2.07. The predicted octanol–water partition coefficient (Wildman–Crippen LogP) is 6.53. The van der Waals surface area contributed by atoms with E-state index in [1.54, 1.807) is 12.1 Å². The summed E-state index contributed by atoms with van der Waals surface area (Å²) in [7, 11) is 0. The van der Waals surface area contributed by atoms with Crippen LogP contribution in [0.4, 0.5) is 0 Å². The van der Waals surface area contributed by atoms with Crippen LogP contribution < -0.4 is 4.74 Å². The Hall–Kier alpha value is -2.36. The van der Waals surface area contributed by atoms with E-state index in [1.807, 2.05) is 72.8 Å². The number of alkyl halides is 1. The Balaban J connectivity index is 2.01. The van der Waals surface area contributed by atoms with Gasteiger partial charge in [0.1, 0.15) is 5.75 Å². The molecule has 0 spiro atoms. The molecule has 0 saturated carbocycles. The molecule has 27 heavy (non-hydrogen) atoms. The predicted molar refractivity (Wildman–Crippen MR) is 115 cm³/mol. The second-order valence-corrected chi connectivity index (χ2v) is 7.03.